The first kappa shape index (κ1) is 18.4. The zero-order valence-electron chi connectivity index (χ0n) is 15.1. The average molecular weight is 405 g/mol. The molecule has 1 amide bonds. The van der Waals surface area contributed by atoms with Crippen LogP contribution in [0.1, 0.15) is 35.0 Å². The molecule has 0 aromatic carbocycles. The molecule has 11 heteroatoms. The lowest BCUT2D eigenvalue weighted by molar-refractivity contribution is 0.0754. The zero-order valence-corrected chi connectivity index (χ0v) is 16.0. The van der Waals surface area contributed by atoms with E-state index in [1.807, 2.05) is 0 Å². The van der Waals surface area contributed by atoms with E-state index in [0.717, 1.165) is 12.8 Å². The lowest BCUT2D eigenvalue weighted by atomic mass is 10.4. The summed E-state index contributed by atoms with van der Waals surface area (Å²) in [5.41, 5.74) is 0.308. The second kappa shape index (κ2) is 7.24. The van der Waals surface area contributed by atoms with Gasteiger partial charge in [0.1, 0.15) is 22.1 Å². The van der Waals surface area contributed by atoms with Gasteiger partial charge in [0.2, 0.25) is 10.0 Å². The van der Waals surface area contributed by atoms with Crippen molar-refractivity contribution in [3.8, 4) is 11.6 Å². The first-order chi connectivity index (χ1) is 13.4. The normalized spacial score (nSPS) is 14.7. The van der Waals surface area contributed by atoms with Crippen molar-refractivity contribution >= 4 is 15.9 Å². The van der Waals surface area contributed by atoms with Crippen molar-refractivity contribution in [1.29, 1.82) is 0 Å². The minimum Gasteiger partial charge on any atom is -0.465 e. The molecular formula is C17H19N5O5S. The molecule has 1 aliphatic heterocycles. The maximum atomic E-state index is 12.4. The van der Waals surface area contributed by atoms with E-state index in [-0.39, 0.29) is 29.1 Å². The van der Waals surface area contributed by atoms with Gasteiger partial charge in [-0.2, -0.15) is 0 Å². The highest BCUT2D eigenvalue weighted by Gasteiger charge is 2.25. The van der Waals surface area contributed by atoms with Crippen LogP contribution in [0.15, 0.2) is 38.1 Å². The van der Waals surface area contributed by atoms with Crippen LogP contribution in [0.3, 0.4) is 0 Å². The molecule has 1 saturated heterocycles. The molecule has 3 aromatic rings. The smallest absolute Gasteiger partial charge is 0.311 e. The van der Waals surface area contributed by atoms with E-state index >= 15 is 0 Å². The predicted molar refractivity (Wildman–Crippen MR) is 96.7 cm³/mol. The Morgan fingerprint density at radius 1 is 1.25 bits per heavy atom. The Balaban J connectivity index is 1.47. The van der Waals surface area contributed by atoms with Crippen molar-refractivity contribution in [2.24, 2.45) is 0 Å². The van der Waals surface area contributed by atoms with Crippen LogP contribution in [-0.4, -0.2) is 47.5 Å². The van der Waals surface area contributed by atoms with Crippen LogP contribution in [0, 0.1) is 6.92 Å². The minimum absolute atomic E-state index is 0.0106. The van der Waals surface area contributed by atoms with Crippen molar-refractivity contribution in [3.63, 3.8) is 0 Å². The van der Waals surface area contributed by atoms with E-state index in [1.54, 1.807) is 24.0 Å². The minimum atomic E-state index is -3.77. The molecule has 28 heavy (non-hydrogen) atoms. The fraction of sp³-hybridized carbons (Fsp3) is 0.353. The summed E-state index contributed by atoms with van der Waals surface area (Å²) < 4.78 is 38.1. The van der Waals surface area contributed by atoms with Crippen molar-refractivity contribution in [2.45, 2.75) is 31.2 Å². The number of carbonyl (C=O) groups excluding carboxylic acids is 1. The Morgan fingerprint density at radius 2 is 2.04 bits per heavy atom. The van der Waals surface area contributed by atoms with Crippen LogP contribution < -0.4 is 4.72 Å². The molecule has 0 saturated carbocycles. The van der Waals surface area contributed by atoms with E-state index < -0.39 is 10.0 Å². The van der Waals surface area contributed by atoms with Crippen molar-refractivity contribution in [3.05, 3.63) is 41.8 Å². The monoisotopic (exact) mass is 405 g/mol. The molecule has 4 rings (SSSR count). The van der Waals surface area contributed by atoms with Crippen molar-refractivity contribution < 1.29 is 22.0 Å². The van der Waals surface area contributed by atoms with Crippen molar-refractivity contribution in [1.82, 2.24) is 24.8 Å². The number of aryl methyl sites for hydroxylation is 1. The summed E-state index contributed by atoms with van der Waals surface area (Å²) in [5, 5.41) is 7.63. The third-order valence-corrected chi connectivity index (χ3v) is 5.81. The van der Waals surface area contributed by atoms with Crippen LogP contribution in [0.5, 0.6) is 0 Å². The summed E-state index contributed by atoms with van der Waals surface area (Å²) in [6.07, 6.45) is 3.22. The number of H-pyrrole nitrogens is 1. The van der Waals surface area contributed by atoms with Gasteiger partial charge in [-0.1, -0.05) is 0 Å². The Kier molecular flexibility index (Phi) is 4.77. The molecule has 10 nitrogen and oxygen atoms in total. The number of aromatic amines is 1. The first-order valence-corrected chi connectivity index (χ1v) is 10.3. The molecule has 1 aliphatic rings. The summed E-state index contributed by atoms with van der Waals surface area (Å²) >= 11 is 0. The van der Waals surface area contributed by atoms with Gasteiger partial charge in [0.25, 0.3) is 5.89 Å². The maximum Gasteiger partial charge on any atom is 0.311 e. The topological polar surface area (TPSA) is 134 Å². The molecule has 1 fully saturated rings. The molecule has 3 aromatic heterocycles. The number of likely N-dealkylation sites (tertiary alicyclic amines) is 1. The van der Waals surface area contributed by atoms with E-state index in [0.29, 0.717) is 30.3 Å². The van der Waals surface area contributed by atoms with Gasteiger partial charge in [-0.15, -0.1) is 10.2 Å². The average Bonchev–Trinajstić information content (AvgIpc) is 3.46. The van der Waals surface area contributed by atoms with Crippen LogP contribution in [0.25, 0.3) is 11.6 Å². The molecule has 0 bridgehead atoms. The van der Waals surface area contributed by atoms with Crippen molar-refractivity contribution in [2.75, 3.05) is 13.1 Å². The second-order valence-corrected chi connectivity index (χ2v) is 8.26. The second-order valence-electron chi connectivity index (χ2n) is 6.50. The predicted octanol–water partition coefficient (Wildman–Crippen LogP) is 1.68. The fourth-order valence-electron chi connectivity index (χ4n) is 2.96. The number of hydrogen-bond acceptors (Lipinski definition) is 7. The van der Waals surface area contributed by atoms with Crippen LogP contribution >= 0.6 is 0 Å². The van der Waals surface area contributed by atoms with Gasteiger partial charge >= 0.3 is 11.8 Å². The highest BCUT2D eigenvalue weighted by atomic mass is 32.2. The van der Waals surface area contributed by atoms with Gasteiger partial charge in [-0.3, -0.25) is 4.79 Å². The number of carbonyl (C=O) groups is 1. The number of furan rings is 1. The first-order valence-electron chi connectivity index (χ1n) is 8.79. The molecule has 0 atom stereocenters. The molecule has 0 radical (unpaired) electrons. The third-order valence-electron chi connectivity index (χ3n) is 4.43. The molecular weight excluding hydrogens is 386 g/mol. The largest absolute Gasteiger partial charge is 0.465 e. The molecule has 0 aliphatic carbocycles. The van der Waals surface area contributed by atoms with Gasteiger partial charge < -0.3 is 18.7 Å². The number of nitrogens with one attached hydrogen (secondary N) is 2. The van der Waals surface area contributed by atoms with E-state index in [1.165, 1.54) is 12.3 Å². The Bertz CT molecular complexity index is 1090. The zero-order chi connectivity index (χ0) is 19.7. The van der Waals surface area contributed by atoms with E-state index in [2.05, 4.69) is 19.9 Å². The van der Waals surface area contributed by atoms with Gasteiger partial charge in [-0.25, -0.2) is 13.1 Å². The summed E-state index contributed by atoms with van der Waals surface area (Å²) in [6, 6.07) is 4.83. The number of hydrogen-bond donors (Lipinski definition) is 2. The maximum absolute atomic E-state index is 12.4. The number of aromatic nitrogens is 3. The molecule has 0 spiro atoms. The van der Waals surface area contributed by atoms with Crippen LogP contribution in [0.4, 0.5) is 0 Å². The van der Waals surface area contributed by atoms with Gasteiger partial charge in [-0.05, 0) is 38.0 Å². The summed E-state index contributed by atoms with van der Waals surface area (Å²) in [4.78, 5) is 16.7. The van der Waals surface area contributed by atoms with E-state index in [9.17, 15) is 13.2 Å². The SMILES string of the molecule is Cc1ccc(CNS(=O)(=O)c2c[nH]c(-c3nnc(C(=O)N4CCCC4)o3)c2)o1. The lowest BCUT2D eigenvalue weighted by Crippen LogP contribution is -2.27. The van der Waals surface area contributed by atoms with Crippen LogP contribution in [0.2, 0.25) is 0 Å². The number of sulfonamides is 1. The van der Waals surface area contributed by atoms with Crippen LogP contribution in [-0.2, 0) is 16.6 Å². The molecule has 4 heterocycles. The Morgan fingerprint density at radius 3 is 2.75 bits per heavy atom. The highest BCUT2D eigenvalue weighted by Crippen LogP contribution is 2.22. The molecule has 148 valence electrons. The number of amides is 1. The molecule has 2 N–H and O–H groups in total. The van der Waals surface area contributed by atoms with E-state index in [4.69, 9.17) is 8.83 Å². The fourth-order valence-corrected chi connectivity index (χ4v) is 3.94. The number of rotatable bonds is 6. The Labute approximate surface area is 161 Å². The lowest BCUT2D eigenvalue weighted by Gasteiger charge is -2.11. The van der Waals surface area contributed by atoms with Gasteiger partial charge in [0.05, 0.1) is 6.54 Å². The quantitative estimate of drug-likeness (QED) is 0.637. The van der Waals surface area contributed by atoms with Gasteiger partial charge in [0, 0.05) is 19.3 Å². The highest BCUT2D eigenvalue weighted by molar-refractivity contribution is 7.89. The Hall–Kier alpha value is -2.92. The standard InChI is InChI=1S/C17H19N5O5S/c1-11-4-5-12(26-11)9-19-28(24,25)13-8-14(18-10-13)15-20-21-16(27-15)17(23)22-6-2-3-7-22/h4-5,8,10,18-19H,2-3,6-7,9H2,1H3. The van der Waals surface area contributed by atoms with Gasteiger partial charge in [0.15, 0.2) is 0 Å². The third kappa shape index (κ3) is 3.71. The summed E-state index contributed by atoms with van der Waals surface area (Å²) in [5.74, 6) is 0.839. The summed E-state index contributed by atoms with van der Waals surface area (Å²) in [6.45, 7) is 3.15. The summed E-state index contributed by atoms with van der Waals surface area (Å²) in [7, 11) is -3.77. The number of nitrogens with zero attached hydrogens (tertiary/aromatic N) is 3. The molecule has 0 unspecified atom stereocenters.